The summed E-state index contributed by atoms with van der Waals surface area (Å²) in [6.45, 7) is 2.89. The van der Waals surface area contributed by atoms with Gasteiger partial charge in [-0.25, -0.2) is 9.97 Å². The van der Waals surface area contributed by atoms with Gasteiger partial charge in [-0.1, -0.05) is 19.3 Å². The molecule has 1 heterocycles. The van der Waals surface area contributed by atoms with Gasteiger partial charge in [-0.3, -0.25) is 0 Å². The van der Waals surface area contributed by atoms with E-state index in [0.717, 1.165) is 30.8 Å². The second kappa shape index (κ2) is 5.52. The monoisotopic (exact) mass is 250 g/mol. The summed E-state index contributed by atoms with van der Waals surface area (Å²) in [7, 11) is 0. The summed E-state index contributed by atoms with van der Waals surface area (Å²) in [4.78, 5) is 8.15. The van der Waals surface area contributed by atoms with E-state index in [2.05, 4.69) is 15.3 Å². The summed E-state index contributed by atoms with van der Waals surface area (Å²) < 4.78 is 0. The lowest BCUT2D eigenvalue weighted by molar-refractivity contribution is 0.0943. The highest BCUT2D eigenvalue weighted by atomic mass is 16.3. The first-order valence-electron chi connectivity index (χ1n) is 6.59. The highest BCUT2D eigenvalue weighted by Crippen LogP contribution is 2.36. The van der Waals surface area contributed by atoms with E-state index >= 15 is 0 Å². The molecule has 1 aliphatic carbocycles. The number of aliphatic hydroxyl groups is 1. The van der Waals surface area contributed by atoms with E-state index in [4.69, 9.17) is 5.73 Å². The highest BCUT2D eigenvalue weighted by molar-refractivity contribution is 5.53. The van der Waals surface area contributed by atoms with Crippen LogP contribution in [-0.2, 0) is 0 Å². The molecule has 18 heavy (non-hydrogen) atoms. The van der Waals surface area contributed by atoms with Crippen molar-refractivity contribution in [2.75, 3.05) is 24.2 Å². The lowest BCUT2D eigenvalue weighted by Crippen LogP contribution is -2.35. The fraction of sp³-hybridized carbons (Fsp3) is 0.692. The van der Waals surface area contributed by atoms with Crippen molar-refractivity contribution in [1.82, 2.24) is 9.97 Å². The third-order valence-corrected chi connectivity index (χ3v) is 4.00. The molecule has 1 aromatic rings. The van der Waals surface area contributed by atoms with Crippen LogP contribution in [0.25, 0.3) is 0 Å². The van der Waals surface area contributed by atoms with Gasteiger partial charge >= 0.3 is 0 Å². The molecule has 1 aliphatic rings. The summed E-state index contributed by atoms with van der Waals surface area (Å²) in [5, 5.41) is 13.0. The van der Waals surface area contributed by atoms with Crippen molar-refractivity contribution < 1.29 is 5.11 Å². The molecule has 2 rings (SSSR count). The Kier molecular flexibility index (Phi) is 4.01. The molecule has 0 atom stereocenters. The number of aromatic nitrogens is 2. The van der Waals surface area contributed by atoms with Crippen LogP contribution in [-0.4, -0.2) is 28.2 Å². The Balaban J connectivity index is 2.03. The summed E-state index contributed by atoms with van der Waals surface area (Å²) in [5.41, 5.74) is 6.63. The first-order chi connectivity index (χ1) is 8.67. The number of rotatable bonds is 4. The second-order valence-corrected chi connectivity index (χ2v) is 5.30. The van der Waals surface area contributed by atoms with Crippen LogP contribution in [0.2, 0.25) is 0 Å². The van der Waals surface area contributed by atoms with E-state index in [1.807, 2.05) is 6.92 Å². The molecule has 0 radical (unpaired) electrons. The number of hydrogen-bond acceptors (Lipinski definition) is 5. The van der Waals surface area contributed by atoms with Gasteiger partial charge in [0.05, 0.1) is 6.61 Å². The van der Waals surface area contributed by atoms with Crippen LogP contribution in [0.3, 0.4) is 0 Å². The third-order valence-electron chi connectivity index (χ3n) is 4.00. The minimum atomic E-state index is 0.00437. The first-order valence-corrected chi connectivity index (χ1v) is 6.59. The molecule has 5 nitrogen and oxygen atoms in total. The van der Waals surface area contributed by atoms with Crippen LogP contribution >= 0.6 is 0 Å². The lowest BCUT2D eigenvalue weighted by atomic mass is 9.74. The molecular weight excluding hydrogens is 228 g/mol. The number of hydrogen-bond donors (Lipinski definition) is 3. The molecule has 0 aromatic carbocycles. The summed E-state index contributed by atoms with van der Waals surface area (Å²) in [6.07, 6.45) is 7.31. The molecule has 0 amide bonds. The van der Waals surface area contributed by atoms with Crippen LogP contribution in [0.5, 0.6) is 0 Å². The van der Waals surface area contributed by atoms with E-state index < -0.39 is 0 Å². The molecule has 0 unspecified atom stereocenters. The van der Waals surface area contributed by atoms with E-state index in [9.17, 15) is 5.11 Å². The predicted molar refractivity (Wildman–Crippen MR) is 72.3 cm³/mol. The third kappa shape index (κ3) is 2.72. The van der Waals surface area contributed by atoms with Gasteiger partial charge in [0.15, 0.2) is 0 Å². The van der Waals surface area contributed by atoms with Crippen molar-refractivity contribution in [1.29, 1.82) is 0 Å². The van der Waals surface area contributed by atoms with Gasteiger partial charge in [-0.2, -0.15) is 0 Å². The van der Waals surface area contributed by atoms with Crippen molar-refractivity contribution in [2.24, 2.45) is 5.41 Å². The first kappa shape index (κ1) is 13.1. The second-order valence-electron chi connectivity index (χ2n) is 5.30. The Morgan fingerprint density at radius 1 is 1.33 bits per heavy atom. The van der Waals surface area contributed by atoms with E-state index in [1.54, 1.807) is 0 Å². The molecule has 1 fully saturated rings. The van der Waals surface area contributed by atoms with Crippen LogP contribution in [0, 0.1) is 12.3 Å². The van der Waals surface area contributed by atoms with Gasteiger partial charge in [0.2, 0.25) is 0 Å². The van der Waals surface area contributed by atoms with Gasteiger partial charge in [-0.15, -0.1) is 0 Å². The van der Waals surface area contributed by atoms with Gasteiger partial charge in [0.25, 0.3) is 0 Å². The number of nitrogens with one attached hydrogen (secondary N) is 1. The Hall–Kier alpha value is -1.36. The zero-order valence-corrected chi connectivity index (χ0v) is 10.9. The Morgan fingerprint density at radius 3 is 2.72 bits per heavy atom. The molecule has 0 bridgehead atoms. The number of aliphatic hydroxyl groups excluding tert-OH is 1. The number of nitrogen functional groups attached to an aromatic ring is 1. The molecule has 1 aromatic heterocycles. The smallest absolute Gasteiger partial charge is 0.134 e. The van der Waals surface area contributed by atoms with Gasteiger partial charge < -0.3 is 16.2 Å². The summed E-state index contributed by atoms with van der Waals surface area (Å²) in [5.74, 6) is 1.29. The van der Waals surface area contributed by atoms with Crippen molar-refractivity contribution in [2.45, 2.75) is 39.0 Å². The van der Waals surface area contributed by atoms with E-state index in [0.29, 0.717) is 5.82 Å². The molecule has 0 spiro atoms. The Labute approximate surface area is 108 Å². The van der Waals surface area contributed by atoms with Crippen molar-refractivity contribution in [3.8, 4) is 0 Å². The van der Waals surface area contributed by atoms with Crippen LogP contribution in [0.1, 0.15) is 37.7 Å². The molecule has 0 aliphatic heterocycles. The van der Waals surface area contributed by atoms with E-state index in [-0.39, 0.29) is 12.0 Å². The zero-order valence-electron chi connectivity index (χ0n) is 10.9. The van der Waals surface area contributed by atoms with E-state index in [1.165, 1.54) is 25.6 Å². The predicted octanol–water partition coefficient (Wildman–Crippen LogP) is 1.72. The molecule has 0 saturated heterocycles. The number of nitrogens with two attached hydrogens (primary N) is 1. The van der Waals surface area contributed by atoms with Crippen LogP contribution < -0.4 is 11.1 Å². The van der Waals surface area contributed by atoms with Gasteiger partial charge in [0, 0.05) is 17.5 Å². The average molecular weight is 250 g/mol. The number of nitrogens with zero attached hydrogens (tertiary/aromatic N) is 2. The van der Waals surface area contributed by atoms with Crippen molar-refractivity contribution in [3.05, 3.63) is 11.9 Å². The largest absolute Gasteiger partial charge is 0.396 e. The maximum Gasteiger partial charge on any atom is 0.134 e. The number of anilines is 2. The van der Waals surface area contributed by atoms with Crippen molar-refractivity contribution >= 4 is 11.6 Å². The summed E-state index contributed by atoms with van der Waals surface area (Å²) in [6, 6.07) is 0. The maximum atomic E-state index is 9.65. The topological polar surface area (TPSA) is 84.1 Å². The normalized spacial score (nSPS) is 18.6. The van der Waals surface area contributed by atoms with Crippen LogP contribution in [0.4, 0.5) is 11.6 Å². The summed E-state index contributed by atoms with van der Waals surface area (Å²) >= 11 is 0. The zero-order chi connectivity index (χ0) is 13.0. The standard InChI is InChI=1S/C13H22N4O/c1-10-11(14)16-9-17-12(10)15-7-13(8-18)5-3-2-4-6-13/h9,18H,2-8H2,1H3,(H3,14,15,16,17). The van der Waals surface area contributed by atoms with Crippen molar-refractivity contribution in [3.63, 3.8) is 0 Å². The Bertz CT molecular complexity index is 402. The minimum absolute atomic E-state index is 0.00437. The molecule has 100 valence electrons. The Morgan fingerprint density at radius 2 is 2.06 bits per heavy atom. The quantitative estimate of drug-likeness (QED) is 0.757. The lowest BCUT2D eigenvalue weighted by Gasteiger charge is -2.36. The minimum Gasteiger partial charge on any atom is -0.396 e. The van der Waals surface area contributed by atoms with Gasteiger partial charge in [0.1, 0.15) is 18.0 Å². The fourth-order valence-electron chi connectivity index (χ4n) is 2.61. The SMILES string of the molecule is Cc1c(N)ncnc1NCC1(CO)CCCCC1. The molecule has 4 N–H and O–H groups in total. The fourth-order valence-corrected chi connectivity index (χ4v) is 2.61. The molecular formula is C13H22N4O. The average Bonchev–Trinajstić information content (AvgIpc) is 2.41. The maximum absolute atomic E-state index is 9.65. The highest BCUT2D eigenvalue weighted by Gasteiger charge is 2.31. The van der Waals surface area contributed by atoms with Crippen LogP contribution in [0.15, 0.2) is 6.33 Å². The molecule has 1 saturated carbocycles. The van der Waals surface area contributed by atoms with Gasteiger partial charge in [-0.05, 0) is 19.8 Å². The molecule has 5 heteroatoms.